The number of hydrogen-bond donors (Lipinski definition) is 1. The van der Waals surface area contributed by atoms with Crippen molar-refractivity contribution in [1.82, 2.24) is 19.7 Å². The Balaban J connectivity index is 1.66. The smallest absolute Gasteiger partial charge is 0.193 e. The van der Waals surface area contributed by atoms with Gasteiger partial charge in [-0.15, -0.1) is 11.3 Å². The number of imidazole rings is 1. The van der Waals surface area contributed by atoms with E-state index in [0.717, 1.165) is 17.2 Å². The van der Waals surface area contributed by atoms with Gasteiger partial charge >= 0.3 is 0 Å². The average molecular weight is 258 g/mol. The maximum Gasteiger partial charge on any atom is 0.193 e. The van der Waals surface area contributed by atoms with Crippen LogP contribution in [0.1, 0.15) is 24.2 Å². The lowest BCUT2D eigenvalue weighted by molar-refractivity contribution is 0.567. The van der Waals surface area contributed by atoms with Gasteiger partial charge in [0.1, 0.15) is 0 Å². The number of hydrogen-bond acceptors (Lipinski definition) is 4. The Kier molecular flexibility index (Phi) is 3.08. The maximum atomic E-state index is 4.54. The van der Waals surface area contributed by atoms with Gasteiger partial charge in [0.25, 0.3) is 0 Å². The molecule has 0 amide bonds. The number of thiazole rings is 1. The molecule has 0 aliphatic carbocycles. The summed E-state index contributed by atoms with van der Waals surface area (Å²) in [5, 5.41) is 5.49. The van der Waals surface area contributed by atoms with E-state index in [0.29, 0.717) is 0 Å². The Hall–Kier alpha value is -1.72. The van der Waals surface area contributed by atoms with Gasteiger partial charge in [-0.1, -0.05) is 6.07 Å². The van der Waals surface area contributed by atoms with E-state index in [1.807, 2.05) is 23.8 Å². The van der Waals surface area contributed by atoms with E-state index in [1.165, 1.54) is 5.56 Å². The van der Waals surface area contributed by atoms with Crippen molar-refractivity contribution in [3.8, 4) is 0 Å². The Morgan fingerprint density at radius 2 is 2.44 bits per heavy atom. The van der Waals surface area contributed by atoms with Gasteiger partial charge in [0.15, 0.2) is 4.96 Å². The third kappa shape index (κ3) is 2.27. The summed E-state index contributed by atoms with van der Waals surface area (Å²) in [4.78, 5) is 9.71. The summed E-state index contributed by atoms with van der Waals surface area (Å²) >= 11 is 1.65. The molecule has 0 saturated heterocycles. The molecule has 4 nitrogen and oxygen atoms in total. The van der Waals surface area contributed by atoms with Gasteiger partial charge in [-0.25, -0.2) is 4.98 Å². The van der Waals surface area contributed by atoms with Crippen LogP contribution < -0.4 is 5.32 Å². The number of nitrogens with one attached hydrogen (secondary N) is 1. The fourth-order valence-electron chi connectivity index (χ4n) is 1.87. The lowest BCUT2D eigenvalue weighted by Gasteiger charge is -2.12. The zero-order valence-corrected chi connectivity index (χ0v) is 10.9. The summed E-state index contributed by atoms with van der Waals surface area (Å²) in [5.74, 6) is 0. The molecule has 1 N–H and O–H groups in total. The molecule has 18 heavy (non-hydrogen) atoms. The van der Waals surface area contributed by atoms with Gasteiger partial charge in [-0.2, -0.15) is 0 Å². The van der Waals surface area contributed by atoms with E-state index in [-0.39, 0.29) is 6.04 Å². The molecule has 0 spiro atoms. The molecule has 92 valence electrons. The Bertz CT molecular complexity index is 600. The monoisotopic (exact) mass is 258 g/mol. The summed E-state index contributed by atoms with van der Waals surface area (Å²) in [6.45, 7) is 2.90. The van der Waals surface area contributed by atoms with Crippen molar-refractivity contribution in [1.29, 1.82) is 0 Å². The van der Waals surface area contributed by atoms with Crippen molar-refractivity contribution < 1.29 is 0 Å². The van der Waals surface area contributed by atoms with E-state index in [2.05, 4.69) is 38.9 Å². The van der Waals surface area contributed by atoms with Crippen molar-refractivity contribution in [2.24, 2.45) is 0 Å². The fourth-order valence-corrected chi connectivity index (χ4v) is 2.59. The van der Waals surface area contributed by atoms with Crippen LogP contribution in [0.4, 0.5) is 0 Å². The first-order valence-corrected chi connectivity index (χ1v) is 6.75. The van der Waals surface area contributed by atoms with Crippen molar-refractivity contribution >= 4 is 16.3 Å². The summed E-state index contributed by atoms with van der Waals surface area (Å²) in [5.41, 5.74) is 2.26. The molecule has 5 heteroatoms. The highest BCUT2D eigenvalue weighted by Crippen LogP contribution is 2.13. The predicted molar refractivity (Wildman–Crippen MR) is 72.6 cm³/mol. The molecular formula is C13H14N4S. The highest BCUT2D eigenvalue weighted by atomic mass is 32.1. The highest BCUT2D eigenvalue weighted by Gasteiger charge is 2.07. The fraction of sp³-hybridized carbons (Fsp3) is 0.231. The van der Waals surface area contributed by atoms with E-state index in [4.69, 9.17) is 0 Å². The Morgan fingerprint density at radius 3 is 3.22 bits per heavy atom. The maximum absolute atomic E-state index is 4.54. The SMILES string of the molecule is C[C@H](NCc1cn2ccsc2n1)c1cccnc1. The molecule has 3 rings (SSSR count). The lowest BCUT2D eigenvalue weighted by Crippen LogP contribution is -2.18. The third-order valence-corrected chi connectivity index (χ3v) is 3.69. The van der Waals surface area contributed by atoms with Crippen LogP contribution in [0.5, 0.6) is 0 Å². The second-order valence-electron chi connectivity index (χ2n) is 4.21. The largest absolute Gasteiger partial charge is 0.304 e. The van der Waals surface area contributed by atoms with Crippen LogP contribution in [0.25, 0.3) is 4.96 Å². The number of aromatic nitrogens is 3. The molecule has 3 heterocycles. The normalized spacial score (nSPS) is 12.9. The minimum Gasteiger partial charge on any atom is -0.304 e. The molecule has 3 aromatic heterocycles. The summed E-state index contributed by atoms with van der Waals surface area (Å²) < 4.78 is 2.05. The second kappa shape index (κ2) is 4.88. The van der Waals surface area contributed by atoms with Gasteiger partial charge in [0, 0.05) is 42.8 Å². The van der Waals surface area contributed by atoms with E-state index >= 15 is 0 Å². The molecule has 0 fully saturated rings. The highest BCUT2D eigenvalue weighted by molar-refractivity contribution is 7.15. The molecule has 0 aliphatic heterocycles. The summed E-state index contributed by atoms with van der Waals surface area (Å²) in [6.07, 6.45) is 7.78. The molecule has 0 aromatic carbocycles. The van der Waals surface area contributed by atoms with Gasteiger partial charge < -0.3 is 5.32 Å². The molecule has 0 radical (unpaired) electrons. The lowest BCUT2D eigenvalue weighted by atomic mass is 10.1. The number of rotatable bonds is 4. The van der Waals surface area contributed by atoms with Crippen LogP contribution in [-0.4, -0.2) is 14.4 Å². The minimum atomic E-state index is 0.276. The topological polar surface area (TPSA) is 42.2 Å². The number of fused-ring (bicyclic) bond motifs is 1. The zero-order valence-electron chi connectivity index (χ0n) is 10.1. The quantitative estimate of drug-likeness (QED) is 0.782. The first-order valence-electron chi connectivity index (χ1n) is 5.87. The van der Waals surface area contributed by atoms with E-state index < -0.39 is 0 Å². The van der Waals surface area contributed by atoms with Crippen LogP contribution in [0, 0.1) is 0 Å². The molecule has 0 saturated carbocycles. The van der Waals surface area contributed by atoms with Crippen LogP contribution >= 0.6 is 11.3 Å². The molecule has 0 bridgehead atoms. The predicted octanol–water partition coefficient (Wildman–Crippen LogP) is 2.64. The first kappa shape index (κ1) is 11.4. The van der Waals surface area contributed by atoms with Gasteiger partial charge in [0.2, 0.25) is 0 Å². The van der Waals surface area contributed by atoms with Crippen molar-refractivity contribution in [3.05, 3.63) is 53.6 Å². The molecule has 1 atom stereocenters. The minimum absolute atomic E-state index is 0.276. The first-order chi connectivity index (χ1) is 8.83. The van der Waals surface area contributed by atoms with Crippen molar-refractivity contribution in [2.75, 3.05) is 0 Å². The van der Waals surface area contributed by atoms with E-state index in [9.17, 15) is 0 Å². The van der Waals surface area contributed by atoms with E-state index in [1.54, 1.807) is 17.5 Å². The van der Waals surface area contributed by atoms with Crippen molar-refractivity contribution in [2.45, 2.75) is 19.5 Å². The summed E-state index contributed by atoms with van der Waals surface area (Å²) in [6, 6.07) is 4.31. The molecule has 0 aliphatic rings. The number of nitrogens with zero attached hydrogens (tertiary/aromatic N) is 3. The van der Waals surface area contributed by atoms with Gasteiger partial charge in [0.05, 0.1) is 5.69 Å². The number of pyridine rings is 1. The van der Waals surface area contributed by atoms with Gasteiger partial charge in [-0.05, 0) is 18.6 Å². The zero-order chi connectivity index (χ0) is 12.4. The van der Waals surface area contributed by atoms with Crippen LogP contribution in [0.2, 0.25) is 0 Å². The van der Waals surface area contributed by atoms with Crippen LogP contribution in [0.3, 0.4) is 0 Å². The molecule has 3 aromatic rings. The Labute approximate surface area is 109 Å². The molecular weight excluding hydrogens is 244 g/mol. The van der Waals surface area contributed by atoms with Gasteiger partial charge in [-0.3, -0.25) is 9.38 Å². The standard InChI is InChI=1S/C13H14N4S/c1-10(11-3-2-4-14-7-11)15-8-12-9-17-5-6-18-13(17)16-12/h2-7,9-10,15H,8H2,1H3/t10-/m0/s1. The Morgan fingerprint density at radius 1 is 1.50 bits per heavy atom. The third-order valence-electron chi connectivity index (χ3n) is 2.92. The van der Waals surface area contributed by atoms with Crippen LogP contribution in [-0.2, 0) is 6.54 Å². The van der Waals surface area contributed by atoms with Crippen molar-refractivity contribution in [3.63, 3.8) is 0 Å². The average Bonchev–Trinajstić information content (AvgIpc) is 2.97. The summed E-state index contributed by atoms with van der Waals surface area (Å²) in [7, 11) is 0. The second-order valence-corrected chi connectivity index (χ2v) is 5.09. The van der Waals surface area contributed by atoms with Crippen LogP contribution in [0.15, 0.2) is 42.3 Å². The molecule has 0 unspecified atom stereocenters.